The normalized spacial score (nSPS) is 24.3. The molecule has 104 valence electrons. The topological polar surface area (TPSA) is 40.5 Å². The van der Waals surface area contributed by atoms with Crippen molar-refractivity contribution in [1.29, 1.82) is 0 Å². The summed E-state index contributed by atoms with van der Waals surface area (Å²) in [6, 6.07) is 8.06. The second kappa shape index (κ2) is 6.44. The lowest BCUT2D eigenvalue weighted by Crippen LogP contribution is -2.48. The number of aliphatic carboxylic acids is 1. The monoisotopic (exact) mass is 279 g/mol. The quantitative estimate of drug-likeness (QED) is 0.860. The smallest absolute Gasteiger partial charge is 0.321 e. The van der Waals surface area contributed by atoms with Gasteiger partial charge in [0.25, 0.3) is 0 Å². The van der Waals surface area contributed by atoms with Gasteiger partial charge in [-0.2, -0.15) is 0 Å². The molecule has 0 saturated carbocycles. The lowest BCUT2D eigenvalue weighted by molar-refractivity contribution is -0.147. The van der Waals surface area contributed by atoms with E-state index in [1.165, 1.54) is 10.5 Å². The lowest BCUT2D eigenvalue weighted by Gasteiger charge is -2.37. The third kappa shape index (κ3) is 3.51. The molecule has 2 rings (SSSR count). The molecule has 3 nitrogen and oxygen atoms in total. The number of likely N-dealkylation sites (tertiary alicyclic amines) is 1. The highest BCUT2D eigenvalue weighted by Crippen LogP contribution is 2.25. The fourth-order valence-electron chi connectivity index (χ4n) is 2.82. The van der Waals surface area contributed by atoms with Gasteiger partial charge >= 0.3 is 5.97 Å². The molecular weight excluding hydrogens is 258 g/mol. The third-order valence-corrected chi connectivity index (χ3v) is 4.58. The Morgan fingerprint density at radius 3 is 2.68 bits per heavy atom. The van der Waals surface area contributed by atoms with Crippen LogP contribution >= 0.6 is 11.8 Å². The van der Waals surface area contributed by atoms with Crippen LogP contribution in [0.15, 0.2) is 29.2 Å². The molecule has 1 N–H and O–H groups in total. The maximum absolute atomic E-state index is 11.4. The Labute approximate surface area is 119 Å². The fraction of sp³-hybridized carbons (Fsp3) is 0.533. The van der Waals surface area contributed by atoms with Crippen molar-refractivity contribution in [2.45, 2.75) is 37.2 Å². The molecule has 0 radical (unpaired) electrons. The Morgan fingerprint density at radius 1 is 1.42 bits per heavy atom. The summed E-state index contributed by atoms with van der Waals surface area (Å²) in [5, 5.41) is 9.39. The summed E-state index contributed by atoms with van der Waals surface area (Å²) in [6.45, 7) is 3.66. The van der Waals surface area contributed by atoms with Crippen LogP contribution in [0.5, 0.6) is 0 Å². The van der Waals surface area contributed by atoms with Crippen LogP contribution in [0.1, 0.15) is 25.3 Å². The van der Waals surface area contributed by atoms with Gasteiger partial charge in [-0.05, 0) is 49.3 Å². The average Bonchev–Trinajstić information content (AvgIpc) is 2.39. The van der Waals surface area contributed by atoms with E-state index in [0.717, 1.165) is 25.9 Å². The summed E-state index contributed by atoms with van der Waals surface area (Å²) in [4.78, 5) is 14.8. The molecule has 4 heteroatoms. The summed E-state index contributed by atoms with van der Waals surface area (Å²) in [5.41, 5.74) is 1.19. The number of carboxylic acid groups (broad SMARTS) is 1. The zero-order valence-electron chi connectivity index (χ0n) is 11.5. The van der Waals surface area contributed by atoms with E-state index in [1.54, 1.807) is 11.8 Å². The molecule has 1 aliphatic rings. The van der Waals surface area contributed by atoms with Crippen LogP contribution < -0.4 is 0 Å². The van der Waals surface area contributed by atoms with Gasteiger partial charge in [0.2, 0.25) is 0 Å². The summed E-state index contributed by atoms with van der Waals surface area (Å²) < 4.78 is 0. The minimum Gasteiger partial charge on any atom is -0.480 e. The molecule has 0 aromatic heterocycles. The van der Waals surface area contributed by atoms with Crippen molar-refractivity contribution in [2.75, 3.05) is 12.8 Å². The number of benzene rings is 1. The van der Waals surface area contributed by atoms with Crippen molar-refractivity contribution < 1.29 is 9.90 Å². The van der Waals surface area contributed by atoms with Gasteiger partial charge in [-0.15, -0.1) is 11.8 Å². The lowest BCUT2D eigenvalue weighted by atomic mass is 9.90. The van der Waals surface area contributed by atoms with Crippen LogP contribution in [0.4, 0.5) is 0 Å². The van der Waals surface area contributed by atoms with E-state index in [2.05, 4.69) is 35.4 Å². The molecule has 1 saturated heterocycles. The van der Waals surface area contributed by atoms with Crippen LogP contribution in [0.2, 0.25) is 0 Å². The largest absolute Gasteiger partial charge is 0.480 e. The van der Waals surface area contributed by atoms with Crippen molar-refractivity contribution in [3.63, 3.8) is 0 Å². The minimum atomic E-state index is -0.687. The Balaban J connectivity index is 2.08. The van der Waals surface area contributed by atoms with Crippen molar-refractivity contribution in [3.05, 3.63) is 29.8 Å². The Morgan fingerprint density at radius 2 is 2.11 bits per heavy atom. The number of hydrogen-bond acceptors (Lipinski definition) is 3. The van der Waals surface area contributed by atoms with E-state index >= 15 is 0 Å². The molecule has 1 aliphatic heterocycles. The van der Waals surface area contributed by atoms with Crippen LogP contribution in [0.3, 0.4) is 0 Å². The predicted octanol–water partition coefficient (Wildman–Crippen LogP) is 3.09. The summed E-state index contributed by atoms with van der Waals surface area (Å²) in [6.07, 6.45) is 4.16. The van der Waals surface area contributed by atoms with Crippen molar-refractivity contribution in [1.82, 2.24) is 4.90 Å². The molecule has 0 amide bonds. The number of hydrogen-bond donors (Lipinski definition) is 1. The molecular formula is C15H21NO2S. The molecule has 2 unspecified atom stereocenters. The first-order valence-electron chi connectivity index (χ1n) is 6.71. The number of piperidine rings is 1. The summed E-state index contributed by atoms with van der Waals surface area (Å²) >= 11 is 1.72. The predicted molar refractivity (Wildman–Crippen MR) is 78.5 cm³/mol. The number of carboxylic acids is 1. The summed E-state index contributed by atoms with van der Waals surface area (Å²) in [7, 11) is 0. The number of nitrogens with zero attached hydrogens (tertiary/aromatic N) is 1. The van der Waals surface area contributed by atoms with E-state index in [4.69, 9.17) is 0 Å². The second-order valence-corrected chi connectivity index (χ2v) is 6.10. The van der Waals surface area contributed by atoms with E-state index in [0.29, 0.717) is 0 Å². The van der Waals surface area contributed by atoms with Crippen LogP contribution in [0.25, 0.3) is 0 Å². The van der Waals surface area contributed by atoms with Crippen LogP contribution in [-0.2, 0) is 11.3 Å². The number of carbonyl (C=O) groups is 1. The first-order chi connectivity index (χ1) is 9.11. The molecule has 2 atom stereocenters. The molecule has 1 aromatic carbocycles. The molecule has 1 heterocycles. The van der Waals surface area contributed by atoms with Crippen molar-refractivity contribution >= 4 is 17.7 Å². The molecule has 0 bridgehead atoms. The van der Waals surface area contributed by atoms with Gasteiger partial charge in [0.15, 0.2) is 0 Å². The maximum atomic E-state index is 11.4. The number of thioether (sulfide) groups is 1. The second-order valence-electron chi connectivity index (χ2n) is 5.22. The molecule has 19 heavy (non-hydrogen) atoms. The van der Waals surface area contributed by atoms with E-state index in [9.17, 15) is 9.90 Å². The van der Waals surface area contributed by atoms with Gasteiger partial charge in [-0.3, -0.25) is 9.69 Å². The zero-order valence-corrected chi connectivity index (χ0v) is 12.3. The molecule has 0 spiro atoms. The summed E-state index contributed by atoms with van der Waals surface area (Å²) in [5.74, 6) is -0.454. The Kier molecular flexibility index (Phi) is 4.88. The van der Waals surface area contributed by atoms with Crippen LogP contribution in [-0.4, -0.2) is 34.8 Å². The van der Waals surface area contributed by atoms with Gasteiger partial charge in [-0.1, -0.05) is 19.1 Å². The third-order valence-electron chi connectivity index (χ3n) is 3.83. The van der Waals surface area contributed by atoms with Gasteiger partial charge in [0.1, 0.15) is 6.04 Å². The molecule has 0 aliphatic carbocycles. The van der Waals surface area contributed by atoms with Crippen molar-refractivity contribution in [2.24, 2.45) is 5.92 Å². The highest BCUT2D eigenvalue weighted by Gasteiger charge is 2.33. The van der Waals surface area contributed by atoms with E-state index < -0.39 is 5.97 Å². The zero-order chi connectivity index (χ0) is 13.8. The molecule has 1 fully saturated rings. The van der Waals surface area contributed by atoms with Gasteiger partial charge < -0.3 is 5.11 Å². The maximum Gasteiger partial charge on any atom is 0.321 e. The number of rotatable bonds is 4. The van der Waals surface area contributed by atoms with E-state index in [-0.39, 0.29) is 12.0 Å². The highest BCUT2D eigenvalue weighted by atomic mass is 32.2. The standard InChI is InChI=1S/C15H21NO2S/c1-11-4-3-9-16(14(11)15(17)18)10-12-5-7-13(19-2)8-6-12/h5-8,11,14H,3-4,9-10H2,1-2H3,(H,17,18). The van der Waals surface area contributed by atoms with E-state index in [1.807, 2.05) is 6.92 Å². The van der Waals surface area contributed by atoms with Gasteiger partial charge in [0.05, 0.1) is 0 Å². The van der Waals surface area contributed by atoms with Gasteiger partial charge in [0, 0.05) is 11.4 Å². The van der Waals surface area contributed by atoms with Crippen molar-refractivity contribution in [3.8, 4) is 0 Å². The first-order valence-corrected chi connectivity index (χ1v) is 7.94. The molecule has 1 aromatic rings. The van der Waals surface area contributed by atoms with Crippen LogP contribution in [0, 0.1) is 5.92 Å². The average molecular weight is 279 g/mol. The minimum absolute atomic E-state index is 0.233. The highest BCUT2D eigenvalue weighted by molar-refractivity contribution is 7.98. The Bertz CT molecular complexity index is 432. The SMILES string of the molecule is CSc1ccc(CN2CCCC(C)C2C(=O)O)cc1. The van der Waals surface area contributed by atoms with Gasteiger partial charge in [-0.25, -0.2) is 0 Å². The first kappa shape index (κ1) is 14.4. The Hall–Kier alpha value is -1.00. The fourth-order valence-corrected chi connectivity index (χ4v) is 3.22.